The number of hydrogen-bond donors (Lipinski definition) is 1. The van der Waals surface area contributed by atoms with Crippen LogP contribution in [0.25, 0.3) is 20.9 Å². The molecule has 5 nitrogen and oxygen atoms in total. The van der Waals surface area contributed by atoms with Gasteiger partial charge in [-0.3, -0.25) is 4.90 Å². The minimum absolute atomic E-state index is 0.0700. The number of nitrogens with one attached hydrogen (secondary N) is 1. The number of fused-ring (bicyclic) bond motifs is 1. The fraction of sp³-hybridized carbons (Fsp3) is 0.524. The Morgan fingerprint density at radius 1 is 1.14 bits per heavy atom. The number of aromatic nitrogens is 2. The van der Waals surface area contributed by atoms with Crippen molar-refractivity contribution in [3.8, 4) is 10.7 Å². The normalized spacial score (nSPS) is 16.8. The third-order valence-corrected chi connectivity index (χ3v) is 7.78. The summed E-state index contributed by atoms with van der Waals surface area (Å²) < 4.78 is 0. The van der Waals surface area contributed by atoms with Gasteiger partial charge in [-0.1, -0.05) is 6.07 Å². The number of thiophene rings is 2. The summed E-state index contributed by atoms with van der Waals surface area (Å²) >= 11 is 3.45. The maximum absolute atomic E-state index is 4.95. The van der Waals surface area contributed by atoms with Crippen LogP contribution in [0.3, 0.4) is 0 Å². The monoisotopic (exact) mass is 415 g/mol. The van der Waals surface area contributed by atoms with Crippen molar-refractivity contribution in [3.63, 3.8) is 0 Å². The molecule has 0 bridgehead atoms. The fourth-order valence-corrected chi connectivity index (χ4v) is 5.40. The van der Waals surface area contributed by atoms with Crippen LogP contribution >= 0.6 is 22.7 Å². The molecule has 1 aliphatic rings. The molecule has 7 heteroatoms. The molecule has 0 radical (unpaired) electrons. The Hall–Kier alpha value is -1.54. The van der Waals surface area contributed by atoms with Crippen LogP contribution in [0.5, 0.6) is 0 Å². The second-order valence-electron chi connectivity index (χ2n) is 8.29. The Balaban J connectivity index is 1.63. The van der Waals surface area contributed by atoms with Crippen molar-refractivity contribution in [2.75, 3.05) is 45.1 Å². The molecule has 0 aliphatic carbocycles. The zero-order valence-corrected chi connectivity index (χ0v) is 19.0. The van der Waals surface area contributed by atoms with Crippen molar-refractivity contribution in [1.82, 2.24) is 19.8 Å². The molecule has 3 aromatic heterocycles. The smallest absolute Gasteiger partial charge is 0.173 e. The van der Waals surface area contributed by atoms with E-state index in [1.54, 1.807) is 22.7 Å². The lowest BCUT2D eigenvalue weighted by molar-refractivity contribution is 0.0699. The van der Waals surface area contributed by atoms with Gasteiger partial charge < -0.3 is 10.2 Å². The summed E-state index contributed by atoms with van der Waals surface area (Å²) in [6.45, 7) is 14.4. The van der Waals surface area contributed by atoms with E-state index in [9.17, 15) is 0 Å². The van der Waals surface area contributed by atoms with E-state index >= 15 is 0 Å². The lowest BCUT2D eigenvalue weighted by Crippen LogP contribution is -2.56. The molecule has 4 heterocycles. The Morgan fingerprint density at radius 2 is 1.89 bits per heavy atom. The highest BCUT2D eigenvalue weighted by atomic mass is 32.1. The first-order chi connectivity index (χ1) is 13.3. The summed E-state index contributed by atoms with van der Waals surface area (Å²) in [6.07, 6.45) is 0. The van der Waals surface area contributed by atoms with Crippen molar-refractivity contribution in [2.45, 2.75) is 33.2 Å². The number of piperazine rings is 1. The third kappa shape index (κ3) is 3.81. The molecule has 3 aromatic rings. The molecule has 0 saturated carbocycles. The van der Waals surface area contributed by atoms with Gasteiger partial charge in [0.05, 0.1) is 10.3 Å². The Morgan fingerprint density at radius 3 is 2.57 bits per heavy atom. The lowest BCUT2D eigenvalue weighted by Gasteiger charge is -2.43. The zero-order chi connectivity index (χ0) is 19.9. The number of anilines is 1. The number of aryl methyl sites for hydroxylation is 2. The maximum Gasteiger partial charge on any atom is 0.173 e. The minimum atomic E-state index is 0.0700. The van der Waals surface area contributed by atoms with Gasteiger partial charge in [0.2, 0.25) is 0 Å². The second-order valence-corrected chi connectivity index (χ2v) is 10.4. The molecule has 0 aromatic carbocycles. The van der Waals surface area contributed by atoms with Crippen LogP contribution < -0.4 is 5.32 Å². The first kappa shape index (κ1) is 19.8. The van der Waals surface area contributed by atoms with Crippen LogP contribution in [0.2, 0.25) is 0 Å². The molecule has 150 valence electrons. The van der Waals surface area contributed by atoms with Crippen LogP contribution in [0.15, 0.2) is 17.5 Å². The van der Waals surface area contributed by atoms with Crippen LogP contribution in [-0.4, -0.2) is 65.1 Å². The summed E-state index contributed by atoms with van der Waals surface area (Å²) in [5, 5.41) is 6.96. The predicted octanol–water partition coefficient (Wildman–Crippen LogP) is 4.47. The highest BCUT2D eigenvalue weighted by molar-refractivity contribution is 7.19. The van der Waals surface area contributed by atoms with Gasteiger partial charge >= 0.3 is 0 Å². The molecular weight excluding hydrogens is 386 g/mol. The molecule has 1 aliphatic heterocycles. The Labute approximate surface area is 175 Å². The van der Waals surface area contributed by atoms with Gasteiger partial charge in [-0.15, -0.1) is 22.7 Å². The number of rotatable bonds is 5. The number of likely N-dealkylation sites (N-methyl/N-ethyl adjacent to an activating group) is 1. The predicted molar refractivity (Wildman–Crippen MR) is 122 cm³/mol. The Kier molecular flexibility index (Phi) is 5.44. The third-order valence-electron chi connectivity index (χ3n) is 5.82. The van der Waals surface area contributed by atoms with Crippen LogP contribution in [0, 0.1) is 13.8 Å². The van der Waals surface area contributed by atoms with Crippen molar-refractivity contribution >= 4 is 38.7 Å². The van der Waals surface area contributed by atoms with Crippen LogP contribution in [0.1, 0.15) is 24.3 Å². The van der Waals surface area contributed by atoms with E-state index in [0.717, 1.165) is 54.1 Å². The molecule has 0 atom stereocenters. The van der Waals surface area contributed by atoms with E-state index in [0.29, 0.717) is 0 Å². The van der Waals surface area contributed by atoms with E-state index in [1.165, 1.54) is 15.8 Å². The maximum atomic E-state index is 4.95. The summed E-state index contributed by atoms with van der Waals surface area (Å²) in [6, 6.07) is 4.15. The summed E-state index contributed by atoms with van der Waals surface area (Å²) in [4.78, 5) is 18.3. The minimum Gasteiger partial charge on any atom is -0.368 e. The average molecular weight is 416 g/mol. The van der Waals surface area contributed by atoms with Gasteiger partial charge in [-0.25, -0.2) is 9.97 Å². The lowest BCUT2D eigenvalue weighted by atomic mass is 10.0. The molecule has 0 spiro atoms. The van der Waals surface area contributed by atoms with E-state index in [4.69, 9.17) is 9.97 Å². The SMILES string of the molecule is Cc1sc2nc(-c3cccs3)nc(NCC(C)(C)N3CCN(C)CC3)c2c1C. The van der Waals surface area contributed by atoms with Gasteiger partial charge in [0.25, 0.3) is 0 Å². The van der Waals surface area contributed by atoms with Crippen LogP contribution in [-0.2, 0) is 0 Å². The second kappa shape index (κ2) is 7.71. The van der Waals surface area contributed by atoms with E-state index < -0.39 is 0 Å². The van der Waals surface area contributed by atoms with Crippen molar-refractivity contribution in [3.05, 3.63) is 28.0 Å². The van der Waals surface area contributed by atoms with Crippen molar-refractivity contribution in [1.29, 1.82) is 0 Å². The molecular formula is C21H29N5S2. The number of nitrogens with zero attached hydrogens (tertiary/aromatic N) is 4. The van der Waals surface area contributed by atoms with Gasteiger partial charge in [0.15, 0.2) is 5.82 Å². The van der Waals surface area contributed by atoms with Crippen molar-refractivity contribution in [2.24, 2.45) is 0 Å². The molecule has 1 N–H and O–H groups in total. The average Bonchev–Trinajstić information content (AvgIpc) is 3.29. The number of hydrogen-bond acceptors (Lipinski definition) is 7. The Bertz CT molecular complexity index is 953. The van der Waals surface area contributed by atoms with E-state index in [-0.39, 0.29) is 5.54 Å². The highest BCUT2D eigenvalue weighted by Crippen LogP contribution is 2.36. The van der Waals surface area contributed by atoms with Gasteiger partial charge in [0.1, 0.15) is 10.6 Å². The highest BCUT2D eigenvalue weighted by Gasteiger charge is 2.29. The van der Waals surface area contributed by atoms with Crippen molar-refractivity contribution < 1.29 is 0 Å². The summed E-state index contributed by atoms with van der Waals surface area (Å²) in [5.74, 6) is 1.79. The van der Waals surface area contributed by atoms with Crippen LogP contribution in [0.4, 0.5) is 5.82 Å². The largest absolute Gasteiger partial charge is 0.368 e. The molecule has 1 fully saturated rings. The molecule has 1 saturated heterocycles. The van der Waals surface area contributed by atoms with Gasteiger partial charge in [-0.05, 0) is 51.8 Å². The molecule has 4 rings (SSSR count). The zero-order valence-electron chi connectivity index (χ0n) is 17.4. The first-order valence-electron chi connectivity index (χ1n) is 9.84. The van der Waals surface area contributed by atoms with Gasteiger partial charge in [0, 0.05) is 43.1 Å². The quantitative estimate of drug-likeness (QED) is 0.666. The fourth-order valence-electron chi connectivity index (χ4n) is 3.72. The molecule has 28 heavy (non-hydrogen) atoms. The van der Waals surface area contributed by atoms with Gasteiger partial charge in [-0.2, -0.15) is 0 Å². The topological polar surface area (TPSA) is 44.3 Å². The first-order valence-corrected chi connectivity index (χ1v) is 11.5. The summed E-state index contributed by atoms with van der Waals surface area (Å²) in [5.41, 5.74) is 1.36. The van der Waals surface area contributed by atoms with E-state index in [2.05, 4.69) is 67.4 Å². The standard InChI is InChI=1S/C21H29N5S2/c1-14-15(2)28-20-17(14)19(23-18(24-20)16-7-6-12-27-16)22-13-21(3,4)26-10-8-25(5)9-11-26/h6-7,12H,8-11,13H2,1-5H3,(H,22,23,24). The molecule has 0 unspecified atom stereocenters. The molecule has 0 amide bonds. The van der Waals surface area contributed by atoms with E-state index in [1.807, 2.05) is 0 Å². The summed E-state index contributed by atoms with van der Waals surface area (Å²) in [7, 11) is 2.20.